The van der Waals surface area contributed by atoms with Crippen LogP contribution in [0.3, 0.4) is 0 Å². The van der Waals surface area contributed by atoms with E-state index in [9.17, 15) is 9.59 Å². The van der Waals surface area contributed by atoms with Gasteiger partial charge in [0.1, 0.15) is 5.75 Å². The molecule has 2 heterocycles. The molecule has 0 aliphatic carbocycles. The first kappa shape index (κ1) is 22.3. The number of amides is 2. The molecule has 0 N–H and O–H groups in total. The number of piperidine rings is 1. The van der Waals surface area contributed by atoms with Crippen molar-refractivity contribution in [1.82, 2.24) is 9.80 Å². The molecule has 0 radical (unpaired) electrons. The molecule has 2 amide bonds. The highest BCUT2D eigenvalue weighted by Gasteiger charge is 2.36. The van der Waals surface area contributed by atoms with Crippen molar-refractivity contribution < 1.29 is 14.3 Å². The Balaban J connectivity index is 1.31. The number of rotatable bonds is 6. The van der Waals surface area contributed by atoms with Crippen molar-refractivity contribution in [1.29, 1.82) is 0 Å². The van der Waals surface area contributed by atoms with Crippen LogP contribution in [0.4, 0.5) is 5.69 Å². The minimum absolute atomic E-state index is 0.0862. The van der Waals surface area contributed by atoms with Crippen LogP contribution in [0.15, 0.2) is 54.6 Å². The number of carbonyl (C=O) groups is 2. The lowest BCUT2D eigenvalue weighted by Crippen LogP contribution is -2.58. The van der Waals surface area contributed by atoms with Crippen LogP contribution in [-0.4, -0.2) is 67.5 Å². The Kier molecular flexibility index (Phi) is 7.10. The van der Waals surface area contributed by atoms with E-state index in [1.165, 1.54) is 0 Å². The molecule has 170 valence electrons. The Morgan fingerprint density at radius 2 is 1.78 bits per heavy atom. The van der Waals surface area contributed by atoms with Gasteiger partial charge in [-0.3, -0.25) is 14.5 Å². The lowest BCUT2D eigenvalue weighted by Gasteiger charge is -2.42. The fourth-order valence-corrected chi connectivity index (χ4v) is 4.80. The Morgan fingerprint density at radius 1 is 1.03 bits per heavy atom. The summed E-state index contributed by atoms with van der Waals surface area (Å²) in [6.07, 6.45) is 2.38. The number of ether oxygens (including phenoxy) is 1. The summed E-state index contributed by atoms with van der Waals surface area (Å²) in [7, 11) is 1.66. The summed E-state index contributed by atoms with van der Waals surface area (Å²) in [6.45, 7) is 5.72. The molecule has 2 atom stereocenters. The van der Waals surface area contributed by atoms with Crippen molar-refractivity contribution in [3.8, 4) is 5.75 Å². The van der Waals surface area contributed by atoms with Gasteiger partial charge in [0.15, 0.2) is 0 Å². The van der Waals surface area contributed by atoms with Crippen LogP contribution in [0.1, 0.15) is 37.7 Å². The van der Waals surface area contributed by atoms with Crippen LogP contribution in [0, 0.1) is 0 Å². The van der Waals surface area contributed by atoms with Crippen molar-refractivity contribution in [2.45, 2.75) is 38.1 Å². The molecule has 0 bridgehead atoms. The van der Waals surface area contributed by atoms with Crippen LogP contribution in [0.5, 0.6) is 5.75 Å². The molecule has 2 fully saturated rings. The molecule has 6 nitrogen and oxygen atoms in total. The second-order valence-electron chi connectivity index (χ2n) is 8.78. The first-order chi connectivity index (χ1) is 15.6. The highest BCUT2D eigenvalue weighted by Crippen LogP contribution is 2.26. The third kappa shape index (κ3) is 4.96. The molecule has 4 rings (SSSR count). The highest BCUT2D eigenvalue weighted by atomic mass is 16.5. The van der Waals surface area contributed by atoms with E-state index < -0.39 is 0 Å². The predicted molar refractivity (Wildman–Crippen MR) is 126 cm³/mol. The van der Waals surface area contributed by atoms with Gasteiger partial charge in [0.25, 0.3) is 0 Å². The van der Waals surface area contributed by atoms with Crippen LogP contribution in [0.2, 0.25) is 0 Å². The Morgan fingerprint density at radius 3 is 2.50 bits per heavy atom. The third-order valence-corrected chi connectivity index (χ3v) is 6.73. The highest BCUT2D eigenvalue weighted by molar-refractivity contribution is 5.97. The van der Waals surface area contributed by atoms with Crippen LogP contribution >= 0.6 is 0 Å². The second-order valence-corrected chi connectivity index (χ2v) is 8.78. The number of nitrogens with zero attached hydrogens (tertiary/aromatic N) is 3. The van der Waals surface area contributed by atoms with Gasteiger partial charge in [-0.15, -0.1) is 0 Å². The van der Waals surface area contributed by atoms with Crippen molar-refractivity contribution in [3.05, 3.63) is 60.2 Å². The first-order valence-electron chi connectivity index (χ1n) is 11.6. The molecule has 0 spiro atoms. The fraction of sp³-hybridized carbons (Fsp3) is 0.462. The van der Waals surface area contributed by atoms with Gasteiger partial charge >= 0.3 is 0 Å². The summed E-state index contributed by atoms with van der Waals surface area (Å²) in [4.78, 5) is 32.3. The molecular weight excluding hydrogens is 402 g/mol. The monoisotopic (exact) mass is 435 g/mol. The van der Waals surface area contributed by atoms with E-state index in [-0.39, 0.29) is 23.8 Å². The standard InChI is InChI=1S/C26H33N3O3/c1-20(21-8-6-11-23(19-21)32-2)18-25(30)28-16-14-27(15-17-28)24-12-7-13-29(26(24)31)22-9-4-3-5-10-22/h3-6,8-11,19-20,24H,7,12-18H2,1-2H3/t20-,24+/m0/s1. The van der Waals surface area contributed by atoms with Gasteiger partial charge in [-0.1, -0.05) is 37.3 Å². The minimum Gasteiger partial charge on any atom is -0.497 e. The van der Waals surface area contributed by atoms with E-state index in [0.717, 1.165) is 49.5 Å². The number of benzene rings is 2. The number of methoxy groups -OCH3 is 1. The first-order valence-corrected chi connectivity index (χ1v) is 11.6. The van der Waals surface area contributed by atoms with Crippen molar-refractivity contribution in [2.75, 3.05) is 44.7 Å². The maximum absolute atomic E-state index is 13.2. The number of piperazine rings is 1. The molecule has 2 aliphatic heterocycles. The molecule has 0 aromatic heterocycles. The summed E-state index contributed by atoms with van der Waals surface area (Å²) in [5.41, 5.74) is 2.09. The van der Waals surface area contributed by atoms with Gasteiger partial charge in [0.05, 0.1) is 13.2 Å². The van der Waals surface area contributed by atoms with Crippen LogP contribution in [-0.2, 0) is 9.59 Å². The van der Waals surface area contributed by atoms with E-state index >= 15 is 0 Å². The fourth-order valence-electron chi connectivity index (χ4n) is 4.80. The zero-order valence-electron chi connectivity index (χ0n) is 19.1. The number of anilines is 1. The quantitative estimate of drug-likeness (QED) is 0.697. The van der Waals surface area contributed by atoms with E-state index in [2.05, 4.69) is 11.8 Å². The van der Waals surface area contributed by atoms with Crippen molar-refractivity contribution in [2.24, 2.45) is 0 Å². The zero-order valence-corrected chi connectivity index (χ0v) is 19.1. The largest absolute Gasteiger partial charge is 0.497 e. The summed E-state index contributed by atoms with van der Waals surface area (Å²) >= 11 is 0. The normalized spacial score (nSPS) is 20.8. The summed E-state index contributed by atoms with van der Waals surface area (Å²) < 4.78 is 5.31. The van der Waals surface area contributed by atoms with Crippen molar-refractivity contribution in [3.63, 3.8) is 0 Å². The van der Waals surface area contributed by atoms with Gasteiger partial charge in [0, 0.05) is 44.8 Å². The smallest absolute Gasteiger partial charge is 0.244 e. The molecule has 6 heteroatoms. The topological polar surface area (TPSA) is 53.1 Å². The predicted octanol–water partition coefficient (Wildman–Crippen LogP) is 3.53. The Bertz CT molecular complexity index is 925. The molecule has 0 saturated carbocycles. The molecular formula is C26H33N3O3. The summed E-state index contributed by atoms with van der Waals surface area (Å²) in [6, 6.07) is 17.8. The number of para-hydroxylation sites is 1. The molecule has 2 saturated heterocycles. The molecule has 32 heavy (non-hydrogen) atoms. The zero-order chi connectivity index (χ0) is 22.5. The molecule has 2 aromatic rings. The average Bonchev–Trinajstić information content (AvgIpc) is 2.85. The summed E-state index contributed by atoms with van der Waals surface area (Å²) in [5, 5.41) is 0. The summed E-state index contributed by atoms with van der Waals surface area (Å²) in [5.74, 6) is 1.32. The van der Waals surface area contributed by atoms with Gasteiger partial charge in [-0.2, -0.15) is 0 Å². The minimum atomic E-state index is -0.0862. The van der Waals surface area contributed by atoms with Gasteiger partial charge in [0.2, 0.25) is 11.8 Å². The third-order valence-electron chi connectivity index (χ3n) is 6.73. The Hall–Kier alpha value is -2.86. The van der Waals surface area contributed by atoms with Gasteiger partial charge < -0.3 is 14.5 Å². The van der Waals surface area contributed by atoms with Crippen LogP contribution in [0.25, 0.3) is 0 Å². The lowest BCUT2D eigenvalue weighted by molar-refractivity contribution is -0.134. The molecule has 2 aromatic carbocycles. The SMILES string of the molecule is COc1cccc([C@@H](C)CC(=O)N2CCN([C@@H]3CCCN(c4ccccc4)C3=O)CC2)c1. The van der Waals surface area contributed by atoms with Crippen LogP contribution < -0.4 is 9.64 Å². The average molecular weight is 436 g/mol. The van der Waals surface area contributed by atoms with Gasteiger partial charge in [-0.25, -0.2) is 0 Å². The number of carbonyl (C=O) groups excluding carboxylic acids is 2. The van der Waals surface area contributed by atoms with Crippen molar-refractivity contribution >= 4 is 17.5 Å². The maximum atomic E-state index is 13.2. The lowest BCUT2D eigenvalue weighted by atomic mass is 9.96. The Labute approximate surface area is 190 Å². The number of hydrogen-bond donors (Lipinski definition) is 0. The second kappa shape index (κ2) is 10.2. The maximum Gasteiger partial charge on any atom is 0.244 e. The van der Waals surface area contributed by atoms with E-state index in [1.54, 1.807) is 7.11 Å². The van der Waals surface area contributed by atoms with E-state index in [4.69, 9.17) is 4.74 Å². The van der Waals surface area contributed by atoms with Gasteiger partial charge in [-0.05, 0) is 48.6 Å². The molecule has 0 unspecified atom stereocenters. The molecule has 2 aliphatic rings. The van der Waals surface area contributed by atoms with E-state index in [1.807, 2.05) is 64.4 Å². The van der Waals surface area contributed by atoms with E-state index in [0.29, 0.717) is 19.5 Å². The number of hydrogen-bond acceptors (Lipinski definition) is 4.